The van der Waals surface area contributed by atoms with Crippen LogP contribution in [0.25, 0.3) is 0 Å². The number of nitrogens with one attached hydrogen (secondary N) is 2. The van der Waals surface area contributed by atoms with Gasteiger partial charge in [-0.2, -0.15) is 0 Å². The number of sulfonamides is 1. The molecule has 1 aromatic rings. The molecule has 0 radical (unpaired) electrons. The van der Waals surface area contributed by atoms with E-state index in [4.69, 9.17) is 4.74 Å². The zero-order valence-corrected chi connectivity index (χ0v) is 15.5. The van der Waals surface area contributed by atoms with Crippen LogP contribution in [0.5, 0.6) is 0 Å². The van der Waals surface area contributed by atoms with E-state index in [1.165, 1.54) is 6.92 Å². The number of carbonyl (C=O) groups excluding carboxylic acids is 1. The van der Waals surface area contributed by atoms with Crippen molar-refractivity contribution < 1.29 is 17.9 Å². The maximum Gasteiger partial charge on any atom is 0.238 e. The number of hydrogen-bond acceptors (Lipinski definition) is 6. The fourth-order valence-electron chi connectivity index (χ4n) is 2.61. The molecular weight excluding hydrogens is 344 g/mol. The quantitative estimate of drug-likeness (QED) is 0.680. The topological polar surface area (TPSA) is 101 Å². The van der Waals surface area contributed by atoms with E-state index in [0.29, 0.717) is 26.2 Å². The van der Waals surface area contributed by atoms with Crippen molar-refractivity contribution in [2.45, 2.75) is 32.9 Å². The number of nitrogens with zero attached hydrogens (tertiary/aromatic N) is 2. The van der Waals surface area contributed by atoms with E-state index >= 15 is 0 Å². The molecule has 2 heterocycles. The molecular formula is C16H26N4O4S. The molecule has 0 aromatic carbocycles. The second-order valence-electron chi connectivity index (χ2n) is 5.96. The summed E-state index contributed by atoms with van der Waals surface area (Å²) in [4.78, 5) is 18.7. The molecule has 2 N–H and O–H groups in total. The van der Waals surface area contributed by atoms with Gasteiger partial charge < -0.3 is 15.0 Å². The first-order chi connectivity index (χ1) is 11.9. The monoisotopic (exact) mass is 370 g/mol. The summed E-state index contributed by atoms with van der Waals surface area (Å²) in [6, 6.07) is 2.91. The number of anilines is 1. The zero-order chi connectivity index (χ0) is 18.3. The highest BCUT2D eigenvalue weighted by molar-refractivity contribution is 7.89. The lowest BCUT2D eigenvalue weighted by molar-refractivity contribution is -0.122. The van der Waals surface area contributed by atoms with Gasteiger partial charge in [0.1, 0.15) is 5.82 Å². The number of carbonyl (C=O) groups is 1. The van der Waals surface area contributed by atoms with Crippen molar-refractivity contribution in [2.24, 2.45) is 0 Å². The van der Waals surface area contributed by atoms with Crippen LogP contribution < -0.4 is 14.9 Å². The minimum atomic E-state index is -3.43. The predicted octanol–water partition coefficient (Wildman–Crippen LogP) is 0.252. The van der Waals surface area contributed by atoms with Crippen LogP contribution in [0, 0.1) is 0 Å². The number of amides is 1. The van der Waals surface area contributed by atoms with Gasteiger partial charge >= 0.3 is 0 Å². The molecule has 8 nitrogen and oxygen atoms in total. The average molecular weight is 370 g/mol. The number of ether oxygens (including phenoxy) is 1. The van der Waals surface area contributed by atoms with Gasteiger partial charge in [-0.15, -0.1) is 0 Å². The molecule has 0 bridgehead atoms. The van der Waals surface area contributed by atoms with E-state index in [9.17, 15) is 13.2 Å². The summed E-state index contributed by atoms with van der Waals surface area (Å²) in [7, 11) is -3.43. The van der Waals surface area contributed by atoms with Crippen LogP contribution in [0.2, 0.25) is 0 Å². The highest BCUT2D eigenvalue weighted by Gasteiger charge is 2.20. The normalized spacial score (nSPS) is 16.5. The lowest BCUT2D eigenvalue weighted by atomic mass is 10.2. The molecule has 2 rings (SSSR count). The summed E-state index contributed by atoms with van der Waals surface area (Å²) in [5.41, 5.74) is 0.890. The van der Waals surface area contributed by atoms with Crippen LogP contribution >= 0.6 is 0 Å². The molecule has 1 aliphatic rings. The Balaban J connectivity index is 1.95. The van der Waals surface area contributed by atoms with Crippen molar-refractivity contribution in [3.8, 4) is 0 Å². The molecule has 1 atom stereocenters. The minimum Gasteiger partial charge on any atom is -0.378 e. The number of morpholine rings is 1. The molecule has 1 aromatic heterocycles. The number of aromatic nitrogens is 1. The van der Waals surface area contributed by atoms with E-state index < -0.39 is 16.1 Å². The smallest absolute Gasteiger partial charge is 0.238 e. The summed E-state index contributed by atoms with van der Waals surface area (Å²) in [5, 5.41) is 2.78. The molecule has 9 heteroatoms. The first-order valence-corrected chi connectivity index (χ1v) is 10.1. The summed E-state index contributed by atoms with van der Waals surface area (Å²) in [5.74, 6) is 0.468. The molecule has 140 valence electrons. The van der Waals surface area contributed by atoms with Gasteiger partial charge in [-0.25, -0.2) is 18.1 Å². The highest BCUT2D eigenvalue weighted by atomic mass is 32.2. The fourth-order valence-corrected chi connectivity index (χ4v) is 3.92. The molecule has 0 spiro atoms. The second-order valence-corrected chi connectivity index (χ2v) is 7.84. The van der Waals surface area contributed by atoms with Gasteiger partial charge in [0.15, 0.2) is 0 Å². The summed E-state index contributed by atoms with van der Waals surface area (Å²) >= 11 is 0. The molecule has 0 aliphatic carbocycles. The van der Waals surface area contributed by atoms with Crippen molar-refractivity contribution in [1.82, 2.24) is 15.0 Å². The molecule has 0 unspecified atom stereocenters. The SMILES string of the molecule is CCCS(=O)(=O)N[C@@H](C)C(=O)NCc1cccnc1N1CCOCC1. The van der Waals surface area contributed by atoms with Crippen molar-refractivity contribution in [2.75, 3.05) is 37.0 Å². The Morgan fingerprint density at radius 2 is 2.12 bits per heavy atom. The lowest BCUT2D eigenvalue weighted by Gasteiger charge is -2.29. The maximum absolute atomic E-state index is 12.2. The number of hydrogen-bond donors (Lipinski definition) is 2. The van der Waals surface area contributed by atoms with Gasteiger partial charge in [0.2, 0.25) is 15.9 Å². The molecule has 1 amide bonds. The zero-order valence-electron chi connectivity index (χ0n) is 14.7. The van der Waals surface area contributed by atoms with Crippen LogP contribution in [0.1, 0.15) is 25.8 Å². The van der Waals surface area contributed by atoms with E-state index in [1.54, 1.807) is 13.1 Å². The van der Waals surface area contributed by atoms with Crippen molar-refractivity contribution in [1.29, 1.82) is 0 Å². The third-order valence-corrected chi connectivity index (χ3v) is 5.51. The van der Waals surface area contributed by atoms with Gasteiger partial charge in [0, 0.05) is 31.4 Å². The Morgan fingerprint density at radius 1 is 1.40 bits per heavy atom. The van der Waals surface area contributed by atoms with E-state index in [-0.39, 0.29) is 11.7 Å². The van der Waals surface area contributed by atoms with Gasteiger partial charge in [0.05, 0.1) is 25.0 Å². The van der Waals surface area contributed by atoms with Crippen LogP contribution in [0.3, 0.4) is 0 Å². The van der Waals surface area contributed by atoms with Gasteiger partial charge in [-0.3, -0.25) is 4.79 Å². The van der Waals surface area contributed by atoms with Gasteiger partial charge in [0.25, 0.3) is 0 Å². The Kier molecular flexibility index (Phi) is 7.15. The largest absolute Gasteiger partial charge is 0.378 e. The van der Waals surface area contributed by atoms with Crippen molar-refractivity contribution in [3.05, 3.63) is 23.9 Å². The summed E-state index contributed by atoms with van der Waals surface area (Å²) in [6.07, 6.45) is 2.22. The molecule has 1 fully saturated rings. The highest BCUT2D eigenvalue weighted by Crippen LogP contribution is 2.18. The summed E-state index contributed by atoms with van der Waals surface area (Å²) < 4.78 is 31.3. The Bertz CT molecular complexity index is 674. The third-order valence-electron chi connectivity index (χ3n) is 3.85. The van der Waals surface area contributed by atoms with Crippen molar-refractivity contribution >= 4 is 21.7 Å². The van der Waals surface area contributed by atoms with Crippen LogP contribution in [-0.2, 0) is 26.1 Å². The minimum absolute atomic E-state index is 0.00834. The Labute approximate surface area is 149 Å². The molecule has 1 aliphatic heterocycles. The first kappa shape index (κ1) is 19.6. The molecule has 0 saturated carbocycles. The average Bonchev–Trinajstić information content (AvgIpc) is 2.60. The lowest BCUT2D eigenvalue weighted by Crippen LogP contribution is -2.45. The van der Waals surface area contributed by atoms with Crippen LogP contribution in [0.15, 0.2) is 18.3 Å². The maximum atomic E-state index is 12.2. The standard InChI is InChI=1S/C16H26N4O4S/c1-3-11-25(22,23)19-13(2)16(21)18-12-14-5-4-6-17-15(14)20-7-9-24-10-8-20/h4-6,13,19H,3,7-12H2,1-2H3,(H,18,21)/t13-/m0/s1. The van der Waals surface area contributed by atoms with Crippen molar-refractivity contribution in [3.63, 3.8) is 0 Å². The Hall–Kier alpha value is -1.71. The Morgan fingerprint density at radius 3 is 2.80 bits per heavy atom. The summed E-state index contributed by atoms with van der Waals surface area (Å²) in [6.45, 7) is 6.42. The first-order valence-electron chi connectivity index (χ1n) is 8.47. The molecule has 25 heavy (non-hydrogen) atoms. The van der Waals surface area contributed by atoms with E-state index in [0.717, 1.165) is 24.5 Å². The third kappa shape index (κ3) is 5.94. The number of rotatable bonds is 8. The van der Waals surface area contributed by atoms with Crippen LogP contribution in [-0.4, -0.2) is 57.4 Å². The van der Waals surface area contributed by atoms with Gasteiger partial charge in [-0.1, -0.05) is 13.0 Å². The van der Waals surface area contributed by atoms with E-state index in [2.05, 4.69) is 19.9 Å². The second kappa shape index (κ2) is 9.12. The van der Waals surface area contributed by atoms with Gasteiger partial charge in [-0.05, 0) is 19.4 Å². The number of pyridine rings is 1. The molecule has 1 saturated heterocycles. The fraction of sp³-hybridized carbons (Fsp3) is 0.625. The van der Waals surface area contributed by atoms with E-state index in [1.807, 2.05) is 12.1 Å². The van der Waals surface area contributed by atoms with Crippen LogP contribution in [0.4, 0.5) is 5.82 Å². The predicted molar refractivity (Wildman–Crippen MR) is 95.8 cm³/mol.